The van der Waals surface area contributed by atoms with Gasteiger partial charge in [0.25, 0.3) is 11.2 Å². The first-order valence-corrected chi connectivity index (χ1v) is 11.5. The van der Waals surface area contributed by atoms with Gasteiger partial charge in [0.1, 0.15) is 16.3 Å². The molecule has 0 atom stereocenters. The number of fused-ring (bicyclic) bond motifs is 1. The lowest BCUT2D eigenvalue weighted by atomic mass is 10.1. The predicted octanol–water partition coefficient (Wildman–Crippen LogP) is 4.74. The van der Waals surface area contributed by atoms with Gasteiger partial charge in [-0.15, -0.1) is 12.4 Å². The van der Waals surface area contributed by atoms with Crippen LogP contribution in [0.5, 0.6) is 5.75 Å². The fourth-order valence-corrected chi connectivity index (χ4v) is 4.86. The Morgan fingerprint density at radius 2 is 1.78 bits per heavy atom. The van der Waals surface area contributed by atoms with Gasteiger partial charge in [-0.3, -0.25) is 19.8 Å². The lowest BCUT2D eigenvalue weighted by Crippen LogP contribution is -2.47. The van der Waals surface area contributed by atoms with E-state index in [9.17, 15) is 32.5 Å². The average molecular weight is 549 g/mol. The SMILES string of the molecule is Cl.O=c1nc(N2CCN(CCCOc3ccc(F)cc3)CC2)sc2c([N+](=O)[O-])cc(C(F)(F)F)cc12. The molecule has 0 aliphatic carbocycles. The maximum absolute atomic E-state index is 13.1. The highest BCUT2D eigenvalue weighted by Crippen LogP contribution is 2.38. The van der Waals surface area contributed by atoms with Crippen LogP contribution in [0.3, 0.4) is 0 Å². The summed E-state index contributed by atoms with van der Waals surface area (Å²) in [4.78, 5) is 30.9. The molecule has 0 N–H and O–H groups in total. The highest BCUT2D eigenvalue weighted by molar-refractivity contribution is 7.22. The van der Waals surface area contributed by atoms with Gasteiger partial charge in [-0.2, -0.15) is 18.2 Å². The Morgan fingerprint density at radius 1 is 1.11 bits per heavy atom. The van der Waals surface area contributed by atoms with Crippen LogP contribution in [0, 0.1) is 15.9 Å². The minimum atomic E-state index is -4.82. The van der Waals surface area contributed by atoms with Crippen LogP contribution < -0.4 is 15.2 Å². The van der Waals surface area contributed by atoms with Crippen LogP contribution in [0.15, 0.2) is 41.2 Å². The number of ether oxygens (including phenoxy) is 1. The van der Waals surface area contributed by atoms with Gasteiger partial charge in [0, 0.05) is 38.8 Å². The van der Waals surface area contributed by atoms with Gasteiger partial charge < -0.3 is 9.64 Å². The molecule has 0 radical (unpaired) electrons. The molecule has 0 spiro atoms. The quantitative estimate of drug-likeness (QED) is 0.182. The molecular formula is C22H21ClF4N4O4S. The number of aromatic nitrogens is 1. The minimum Gasteiger partial charge on any atom is -0.494 e. The monoisotopic (exact) mass is 548 g/mol. The molecule has 0 unspecified atom stereocenters. The van der Waals surface area contributed by atoms with E-state index in [0.717, 1.165) is 24.3 Å². The number of hydrogen-bond donors (Lipinski definition) is 0. The first-order valence-electron chi connectivity index (χ1n) is 10.7. The number of nitrogens with zero attached hydrogens (tertiary/aromatic N) is 4. The molecular weight excluding hydrogens is 528 g/mol. The van der Waals surface area contributed by atoms with E-state index in [2.05, 4.69) is 9.88 Å². The highest BCUT2D eigenvalue weighted by Gasteiger charge is 2.34. The molecule has 14 heteroatoms. The Hall–Kier alpha value is -3.03. The van der Waals surface area contributed by atoms with E-state index in [4.69, 9.17) is 4.74 Å². The Bertz CT molecular complexity index is 1280. The Morgan fingerprint density at radius 3 is 2.39 bits per heavy atom. The fourth-order valence-electron chi connectivity index (χ4n) is 3.75. The highest BCUT2D eigenvalue weighted by atomic mass is 35.5. The molecule has 0 amide bonds. The van der Waals surface area contributed by atoms with Crippen LogP contribution in [0.4, 0.5) is 28.4 Å². The maximum Gasteiger partial charge on any atom is 0.416 e. The van der Waals surface area contributed by atoms with Crippen molar-refractivity contribution < 1.29 is 27.2 Å². The predicted molar refractivity (Wildman–Crippen MR) is 130 cm³/mol. The van der Waals surface area contributed by atoms with E-state index in [1.807, 2.05) is 0 Å². The molecule has 2 heterocycles. The number of non-ortho nitro benzene ring substituents is 1. The van der Waals surface area contributed by atoms with Gasteiger partial charge in [0.15, 0.2) is 5.13 Å². The largest absolute Gasteiger partial charge is 0.494 e. The molecule has 1 saturated heterocycles. The summed E-state index contributed by atoms with van der Waals surface area (Å²) in [6.45, 7) is 3.51. The van der Waals surface area contributed by atoms with E-state index in [-0.39, 0.29) is 28.1 Å². The summed E-state index contributed by atoms with van der Waals surface area (Å²) in [7, 11) is 0. The third-order valence-electron chi connectivity index (χ3n) is 5.56. The van der Waals surface area contributed by atoms with Gasteiger partial charge >= 0.3 is 6.18 Å². The molecule has 194 valence electrons. The third-order valence-corrected chi connectivity index (χ3v) is 6.72. The number of hydrogen-bond acceptors (Lipinski definition) is 8. The Balaban J connectivity index is 0.00000361. The Labute approximate surface area is 212 Å². The summed E-state index contributed by atoms with van der Waals surface area (Å²) in [5.41, 5.74) is -2.95. The second kappa shape index (κ2) is 11.4. The van der Waals surface area contributed by atoms with Crippen LogP contribution in [0.1, 0.15) is 12.0 Å². The number of anilines is 1. The molecule has 1 aliphatic heterocycles. The molecule has 3 aromatic rings. The van der Waals surface area contributed by atoms with E-state index in [1.54, 1.807) is 17.0 Å². The summed E-state index contributed by atoms with van der Waals surface area (Å²) in [5.74, 6) is 0.256. The summed E-state index contributed by atoms with van der Waals surface area (Å²) >= 11 is 0.844. The zero-order chi connectivity index (χ0) is 25.2. The summed E-state index contributed by atoms with van der Waals surface area (Å²) in [6.07, 6.45) is -4.08. The van der Waals surface area contributed by atoms with Crippen LogP contribution in [0.2, 0.25) is 0 Å². The van der Waals surface area contributed by atoms with Crippen molar-refractivity contribution in [3.8, 4) is 5.75 Å². The fraction of sp³-hybridized carbons (Fsp3) is 0.364. The Kier molecular flexibility index (Phi) is 8.69. The molecule has 8 nitrogen and oxygen atoms in total. The minimum absolute atomic E-state index is 0. The average Bonchev–Trinajstić information content (AvgIpc) is 2.82. The second-order valence-electron chi connectivity index (χ2n) is 7.91. The summed E-state index contributed by atoms with van der Waals surface area (Å²) in [5, 5.41) is 11.3. The second-order valence-corrected chi connectivity index (χ2v) is 8.89. The molecule has 1 fully saturated rings. The molecule has 0 bridgehead atoms. The number of benzene rings is 2. The van der Waals surface area contributed by atoms with Crippen molar-refractivity contribution in [1.29, 1.82) is 0 Å². The molecule has 1 aromatic heterocycles. The van der Waals surface area contributed by atoms with Gasteiger partial charge in [0.05, 0.1) is 22.5 Å². The van der Waals surface area contributed by atoms with Crippen molar-refractivity contribution in [3.05, 3.63) is 68.2 Å². The number of halogens is 5. The molecule has 0 saturated carbocycles. The van der Waals surface area contributed by atoms with Crippen molar-refractivity contribution in [1.82, 2.24) is 9.88 Å². The van der Waals surface area contributed by atoms with Crippen molar-refractivity contribution >= 4 is 44.6 Å². The van der Waals surface area contributed by atoms with E-state index in [0.29, 0.717) is 50.7 Å². The lowest BCUT2D eigenvalue weighted by molar-refractivity contribution is -0.383. The molecule has 4 rings (SSSR count). The van der Waals surface area contributed by atoms with Gasteiger partial charge in [-0.25, -0.2) is 4.39 Å². The van der Waals surface area contributed by atoms with E-state index in [1.165, 1.54) is 12.1 Å². The number of piperazine rings is 1. The van der Waals surface area contributed by atoms with Crippen LogP contribution in [-0.2, 0) is 6.18 Å². The smallest absolute Gasteiger partial charge is 0.416 e. The number of nitro benzene ring substituents is 1. The third kappa shape index (κ3) is 6.39. The number of rotatable bonds is 7. The first kappa shape index (κ1) is 27.6. The van der Waals surface area contributed by atoms with E-state index < -0.39 is 33.3 Å². The lowest BCUT2D eigenvalue weighted by Gasteiger charge is -2.34. The van der Waals surface area contributed by atoms with Crippen LogP contribution in [0.25, 0.3) is 10.1 Å². The summed E-state index contributed by atoms with van der Waals surface area (Å²) in [6, 6.07) is 6.84. The number of alkyl halides is 3. The van der Waals surface area contributed by atoms with Crippen LogP contribution >= 0.6 is 23.7 Å². The van der Waals surface area contributed by atoms with Crippen molar-refractivity contribution in [2.75, 3.05) is 44.2 Å². The molecule has 2 aromatic carbocycles. The summed E-state index contributed by atoms with van der Waals surface area (Å²) < 4.78 is 57.8. The first-order chi connectivity index (χ1) is 16.6. The topological polar surface area (TPSA) is 88.8 Å². The van der Waals surface area contributed by atoms with Crippen molar-refractivity contribution in [2.45, 2.75) is 12.6 Å². The zero-order valence-corrected chi connectivity index (χ0v) is 20.3. The molecule has 36 heavy (non-hydrogen) atoms. The van der Waals surface area contributed by atoms with E-state index >= 15 is 0 Å². The van der Waals surface area contributed by atoms with Crippen molar-refractivity contribution in [2.24, 2.45) is 0 Å². The van der Waals surface area contributed by atoms with Crippen LogP contribution in [-0.4, -0.2) is 54.1 Å². The van der Waals surface area contributed by atoms with Gasteiger partial charge in [0.2, 0.25) is 0 Å². The maximum atomic E-state index is 13.1. The van der Waals surface area contributed by atoms with Gasteiger partial charge in [-0.05, 0) is 36.8 Å². The van der Waals surface area contributed by atoms with Gasteiger partial charge in [-0.1, -0.05) is 11.3 Å². The number of nitro groups is 1. The van der Waals surface area contributed by atoms with Crippen molar-refractivity contribution in [3.63, 3.8) is 0 Å². The molecule has 1 aliphatic rings. The zero-order valence-electron chi connectivity index (χ0n) is 18.7. The normalized spacial score (nSPS) is 14.5. The standard InChI is InChI=1S/C22H20F4N4O4S.ClH/c23-15-2-4-16(5-3-15)34-11-1-6-28-7-9-29(10-8-28)21-27-20(31)17-12-14(22(24,25)26)13-18(30(32)33)19(17)35-21;/h2-5,12-13H,1,6-11H2;1H.